The van der Waals surface area contributed by atoms with Crippen LogP contribution in [-0.4, -0.2) is 29.3 Å². The van der Waals surface area contributed by atoms with E-state index in [4.69, 9.17) is 25.7 Å². The molecule has 8 heteroatoms. The molecule has 2 atom stereocenters. The molecular formula is C22H29ClN4O3. The molecule has 1 saturated carbocycles. The van der Waals surface area contributed by atoms with Crippen molar-refractivity contribution in [3.8, 4) is 0 Å². The van der Waals surface area contributed by atoms with Crippen LogP contribution in [0.1, 0.15) is 70.2 Å². The summed E-state index contributed by atoms with van der Waals surface area (Å²) in [6.45, 7) is 4.78. The van der Waals surface area contributed by atoms with Crippen molar-refractivity contribution in [3.63, 3.8) is 0 Å². The van der Waals surface area contributed by atoms with Crippen molar-refractivity contribution in [2.75, 3.05) is 5.32 Å². The molecule has 1 spiro atoms. The number of benzene rings is 1. The molecule has 1 aliphatic carbocycles. The van der Waals surface area contributed by atoms with Crippen molar-refractivity contribution in [1.29, 1.82) is 0 Å². The van der Waals surface area contributed by atoms with E-state index in [1.54, 1.807) is 6.07 Å². The van der Waals surface area contributed by atoms with Crippen LogP contribution >= 0.6 is 11.6 Å². The lowest BCUT2D eigenvalue weighted by Gasteiger charge is -2.42. The molecule has 162 valence electrons. The first-order valence-electron chi connectivity index (χ1n) is 11.0. The van der Waals surface area contributed by atoms with Crippen molar-refractivity contribution >= 4 is 34.4 Å². The monoisotopic (exact) mass is 432 g/mol. The lowest BCUT2D eigenvalue weighted by atomic mass is 9.74. The van der Waals surface area contributed by atoms with E-state index in [0.29, 0.717) is 29.2 Å². The van der Waals surface area contributed by atoms with Gasteiger partial charge in [-0.15, -0.1) is 0 Å². The zero-order chi connectivity index (χ0) is 20.9. The van der Waals surface area contributed by atoms with Crippen LogP contribution in [0.25, 0.3) is 11.1 Å². The Morgan fingerprint density at radius 2 is 1.97 bits per heavy atom. The topological polar surface area (TPSA) is 88.4 Å². The number of aromatic nitrogens is 1. The minimum absolute atomic E-state index is 0.199. The summed E-state index contributed by atoms with van der Waals surface area (Å²) in [7, 11) is 0. The van der Waals surface area contributed by atoms with Gasteiger partial charge < -0.3 is 25.1 Å². The molecule has 1 aromatic carbocycles. The fourth-order valence-electron chi connectivity index (χ4n) is 5.49. The molecule has 3 aliphatic rings. The third-order valence-corrected chi connectivity index (χ3v) is 6.99. The number of nitrogens with zero attached hydrogens (tertiary/aromatic N) is 1. The number of hydrogen-bond donors (Lipinski definition) is 3. The Morgan fingerprint density at radius 3 is 2.70 bits per heavy atom. The minimum Gasteiger partial charge on any atom is -0.439 e. The van der Waals surface area contributed by atoms with Crippen LogP contribution < -0.4 is 16.0 Å². The molecule has 1 aromatic heterocycles. The predicted octanol–water partition coefficient (Wildman–Crippen LogP) is 4.82. The Kier molecular flexibility index (Phi) is 5.16. The highest BCUT2D eigenvalue weighted by Crippen LogP contribution is 2.48. The van der Waals surface area contributed by atoms with Gasteiger partial charge in [0.2, 0.25) is 5.89 Å². The van der Waals surface area contributed by atoms with Crippen LogP contribution in [0.5, 0.6) is 0 Å². The number of oxazole rings is 1. The summed E-state index contributed by atoms with van der Waals surface area (Å²) in [6.07, 6.45) is 7.53. The summed E-state index contributed by atoms with van der Waals surface area (Å²) in [4.78, 5) is 17.1. The number of carbonyl (C=O) groups excluding carboxylic acids is 1. The molecule has 3 N–H and O–H groups in total. The van der Waals surface area contributed by atoms with Crippen LogP contribution in [0, 0.1) is 0 Å². The summed E-state index contributed by atoms with van der Waals surface area (Å²) in [5.74, 6) is 0.643. The Balaban J connectivity index is 1.48. The number of hydrogen-bond acceptors (Lipinski definition) is 5. The van der Waals surface area contributed by atoms with Crippen LogP contribution in [0.15, 0.2) is 10.5 Å². The molecule has 2 fully saturated rings. The minimum atomic E-state index is -0.436. The first-order valence-corrected chi connectivity index (χ1v) is 11.4. The van der Waals surface area contributed by atoms with Gasteiger partial charge in [-0.05, 0) is 45.6 Å². The number of halogens is 1. The van der Waals surface area contributed by atoms with Crippen molar-refractivity contribution in [1.82, 2.24) is 15.6 Å². The number of amides is 2. The highest BCUT2D eigenvalue weighted by atomic mass is 35.5. The second-order valence-electron chi connectivity index (χ2n) is 9.09. The van der Waals surface area contributed by atoms with E-state index in [0.717, 1.165) is 55.2 Å². The average molecular weight is 433 g/mol. The number of ether oxygens (including phenoxy) is 1. The molecule has 2 unspecified atom stereocenters. The Hall–Kier alpha value is -1.83. The van der Waals surface area contributed by atoms with Gasteiger partial charge in [0.15, 0.2) is 5.58 Å². The van der Waals surface area contributed by atoms with Gasteiger partial charge in [-0.25, -0.2) is 9.78 Å². The van der Waals surface area contributed by atoms with Gasteiger partial charge >= 0.3 is 6.03 Å². The quantitative estimate of drug-likeness (QED) is 0.647. The fraction of sp³-hybridized carbons (Fsp3) is 0.636. The molecule has 30 heavy (non-hydrogen) atoms. The maximum absolute atomic E-state index is 12.4. The molecule has 3 heterocycles. The van der Waals surface area contributed by atoms with Gasteiger partial charge in [-0.2, -0.15) is 0 Å². The normalized spacial score (nSPS) is 28.2. The summed E-state index contributed by atoms with van der Waals surface area (Å²) in [6, 6.07) is 1.97. The Labute approximate surface area is 181 Å². The van der Waals surface area contributed by atoms with E-state index >= 15 is 0 Å². The lowest BCUT2D eigenvalue weighted by molar-refractivity contribution is -0.0425. The molecular weight excluding hydrogens is 404 g/mol. The number of rotatable bonds is 3. The van der Waals surface area contributed by atoms with Gasteiger partial charge in [-0.1, -0.05) is 30.9 Å². The van der Waals surface area contributed by atoms with E-state index < -0.39 is 5.54 Å². The van der Waals surface area contributed by atoms with Gasteiger partial charge in [0, 0.05) is 11.6 Å². The summed E-state index contributed by atoms with van der Waals surface area (Å²) < 4.78 is 12.1. The van der Waals surface area contributed by atoms with E-state index in [9.17, 15) is 4.79 Å². The fourth-order valence-corrected chi connectivity index (χ4v) is 5.74. The highest BCUT2D eigenvalue weighted by molar-refractivity contribution is 6.35. The maximum Gasteiger partial charge on any atom is 0.319 e. The smallest absolute Gasteiger partial charge is 0.319 e. The second-order valence-corrected chi connectivity index (χ2v) is 9.50. The lowest BCUT2D eigenvalue weighted by Crippen LogP contribution is -2.52. The Morgan fingerprint density at radius 1 is 1.23 bits per heavy atom. The summed E-state index contributed by atoms with van der Waals surface area (Å²) in [5, 5.41) is 10.2. The van der Waals surface area contributed by atoms with Gasteiger partial charge in [0.1, 0.15) is 5.52 Å². The first-order chi connectivity index (χ1) is 14.4. The number of urea groups is 1. The van der Waals surface area contributed by atoms with Crippen molar-refractivity contribution < 1.29 is 13.9 Å². The molecule has 5 rings (SSSR count). The molecule has 0 radical (unpaired) electrons. The summed E-state index contributed by atoms with van der Waals surface area (Å²) in [5.41, 5.74) is 2.66. The van der Waals surface area contributed by atoms with Gasteiger partial charge in [0.25, 0.3) is 0 Å². The second kappa shape index (κ2) is 7.70. The van der Waals surface area contributed by atoms with E-state index in [2.05, 4.69) is 29.8 Å². The highest BCUT2D eigenvalue weighted by Gasteiger charge is 2.44. The largest absolute Gasteiger partial charge is 0.439 e. The van der Waals surface area contributed by atoms with Gasteiger partial charge in [-0.3, -0.25) is 0 Å². The number of carbonyl (C=O) groups is 1. The Bertz CT molecular complexity index is 959. The number of fused-ring (bicyclic) bond motifs is 4. The molecule has 1 saturated heterocycles. The molecule has 7 nitrogen and oxygen atoms in total. The third-order valence-electron chi connectivity index (χ3n) is 6.69. The zero-order valence-corrected chi connectivity index (χ0v) is 18.3. The maximum atomic E-state index is 12.4. The van der Waals surface area contributed by atoms with E-state index in [1.807, 2.05) is 0 Å². The van der Waals surface area contributed by atoms with Crippen LogP contribution in [0.2, 0.25) is 5.02 Å². The third kappa shape index (κ3) is 3.57. The van der Waals surface area contributed by atoms with Crippen molar-refractivity contribution in [2.45, 2.75) is 89.1 Å². The zero-order valence-electron chi connectivity index (χ0n) is 17.5. The molecule has 0 bridgehead atoms. The first kappa shape index (κ1) is 20.1. The number of nitrogens with one attached hydrogen (secondary N) is 3. The van der Waals surface area contributed by atoms with Crippen LogP contribution in [0.4, 0.5) is 10.5 Å². The van der Waals surface area contributed by atoms with Crippen molar-refractivity contribution in [3.05, 3.63) is 22.5 Å². The number of anilines is 1. The predicted molar refractivity (Wildman–Crippen MR) is 116 cm³/mol. The van der Waals surface area contributed by atoms with Crippen molar-refractivity contribution in [2.24, 2.45) is 0 Å². The van der Waals surface area contributed by atoms with Crippen LogP contribution in [-0.2, 0) is 16.8 Å². The molecule has 2 amide bonds. The molecule has 2 aromatic rings. The standard InChI is InChI=1S/C22H29ClN4O3/c1-12-8-14(9-13(2)29-12)24-11-17-25-16-10-15(23)19-18(20(16)30-17)22(27-21(28)26-19)6-4-3-5-7-22/h10,12-14,24H,3-9,11H2,1-2H3,(H2,26,27,28). The SMILES string of the molecule is CC1CC(NCc2nc3cc(Cl)c4c(c3o2)C2(CCCCC2)NC(=O)N4)CC(C)O1. The van der Waals surface area contributed by atoms with E-state index in [1.165, 1.54) is 6.42 Å². The average Bonchev–Trinajstić information content (AvgIpc) is 3.08. The summed E-state index contributed by atoms with van der Waals surface area (Å²) >= 11 is 6.58. The molecule has 2 aliphatic heterocycles. The van der Waals surface area contributed by atoms with Gasteiger partial charge in [0.05, 0.1) is 35.0 Å². The van der Waals surface area contributed by atoms with E-state index in [-0.39, 0.29) is 18.2 Å². The van der Waals surface area contributed by atoms with Crippen LogP contribution in [0.3, 0.4) is 0 Å².